The van der Waals surface area contributed by atoms with Crippen LogP contribution in [-0.2, 0) is 17.9 Å². The van der Waals surface area contributed by atoms with Crippen LogP contribution in [-0.4, -0.2) is 21.2 Å². The van der Waals surface area contributed by atoms with Gasteiger partial charge in [0.25, 0.3) is 0 Å². The van der Waals surface area contributed by atoms with Gasteiger partial charge >= 0.3 is 0 Å². The molecule has 0 atom stereocenters. The molecule has 0 bridgehead atoms. The Kier molecular flexibility index (Phi) is 5.59. The molecular formula is C23H17ClFN3O2. The largest absolute Gasteiger partial charge is 0.350 e. The molecule has 0 fully saturated rings. The summed E-state index contributed by atoms with van der Waals surface area (Å²) in [6, 6.07) is 19.7. The van der Waals surface area contributed by atoms with Crippen molar-refractivity contribution in [1.29, 1.82) is 0 Å². The molecule has 0 aliphatic carbocycles. The third-order valence-electron chi connectivity index (χ3n) is 4.67. The summed E-state index contributed by atoms with van der Waals surface area (Å²) >= 11 is 5.91. The molecule has 1 N–H and O–H groups in total. The van der Waals surface area contributed by atoms with Gasteiger partial charge in [-0.3, -0.25) is 9.59 Å². The highest BCUT2D eigenvalue weighted by Crippen LogP contribution is 2.20. The molecule has 7 heteroatoms. The van der Waals surface area contributed by atoms with E-state index in [-0.39, 0.29) is 36.4 Å². The van der Waals surface area contributed by atoms with Gasteiger partial charge in [0.05, 0.1) is 11.0 Å². The van der Waals surface area contributed by atoms with Crippen LogP contribution in [0.2, 0.25) is 5.02 Å². The van der Waals surface area contributed by atoms with Gasteiger partial charge in [0.1, 0.15) is 12.4 Å². The first-order chi connectivity index (χ1) is 14.5. The molecule has 0 aliphatic heterocycles. The van der Waals surface area contributed by atoms with Crippen LogP contribution in [0, 0.1) is 5.82 Å². The van der Waals surface area contributed by atoms with E-state index in [2.05, 4.69) is 10.3 Å². The van der Waals surface area contributed by atoms with Crippen LogP contribution in [0.3, 0.4) is 0 Å². The summed E-state index contributed by atoms with van der Waals surface area (Å²) < 4.78 is 14.6. The summed E-state index contributed by atoms with van der Waals surface area (Å²) in [4.78, 5) is 30.1. The van der Waals surface area contributed by atoms with Crippen LogP contribution in [0.1, 0.15) is 21.7 Å². The summed E-state index contributed by atoms with van der Waals surface area (Å²) in [5.74, 6) is -0.738. The predicted molar refractivity (Wildman–Crippen MR) is 113 cm³/mol. The van der Waals surface area contributed by atoms with Crippen LogP contribution in [0.4, 0.5) is 4.39 Å². The Labute approximate surface area is 177 Å². The summed E-state index contributed by atoms with van der Waals surface area (Å²) in [7, 11) is 0. The molecule has 3 aromatic carbocycles. The number of carbonyl (C=O) groups excluding carboxylic acids is 2. The number of ketones is 1. The van der Waals surface area contributed by atoms with E-state index in [1.165, 1.54) is 12.1 Å². The maximum atomic E-state index is 13.0. The van der Waals surface area contributed by atoms with E-state index in [0.717, 1.165) is 5.56 Å². The summed E-state index contributed by atoms with van der Waals surface area (Å²) in [5.41, 5.74) is 2.52. The molecule has 0 unspecified atom stereocenters. The number of nitrogens with zero attached hydrogens (tertiary/aromatic N) is 2. The van der Waals surface area contributed by atoms with Gasteiger partial charge in [-0.15, -0.1) is 0 Å². The van der Waals surface area contributed by atoms with Gasteiger partial charge in [0.2, 0.25) is 11.7 Å². The number of amides is 1. The van der Waals surface area contributed by atoms with Crippen molar-refractivity contribution in [2.24, 2.45) is 0 Å². The maximum Gasteiger partial charge on any atom is 0.240 e. The molecule has 4 rings (SSSR count). The number of para-hydroxylation sites is 2. The highest BCUT2D eigenvalue weighted by molar-refractivity contribution is 6.30. The average molecular weight is 422 g/mol. The van der Waals surface area contributed by atoms with Crippen molar-refractivity contribution in [1.82, 2.24) is 14.9 Å². The molecular weight excluding hydrogens is 405 g/mol. The fourth-order valence-electron chi connectivity index (χ4n) is 3.14. The second-order valence-corrected chi connectivity index (χ2v) is 7.19. The fourth-order valence-corrected chi connectivity index (χ4v) is 3.27. The predicted octanol–water partition coefficient (Wildman–Crippen LogP) is 4.38. The Morgan fingerprint density at radius 1 is 0.967 bits per heavy atom. The molecule has 30 heavy (non-hydrogen) atoms. The number of imidazole rings is 1. The number of hydrogen-bond acceptors (Lipinski definition) is 3. The van der Waals surface area contributed by atoms with Crippen LogP contribution >= 0.6 is 11.6 Å². The highest BCUT2D eigenvalue weighted by atomic mass is 35.5. The molecule has 1 amide bonds. The molecule has 150 valence electrons. The van der Waals surface area contributed by atoms with Crippen LogP contribution < -0.4 is 5.32 Å². The second-order valence-electron chi connectivity index (χ2n) is 6.75. The Morgan fingerprint density at radius 2 is 1.67 bits per heavy atom. The van der Waals surface area contributed by atoms with Gasteiger partial charge in [-0.05, 0) is 54.1 Å². The van der Waals surface area contributed by atoms with Gasteiger partial charge in [0, 0.05) is 17.1 Å². The van der Waals surface area contributed by atoms with Crippen LogP contribution in [0.15, 0.2) is 72.8 Å². The van der Waals surface area contributed by atoms with Gasteiger partial charge in [-0.1, -0.05) is 35.9 Å². The number of aromatic nitrogens is 2. The van der Waals surface area contributed by atoms with E-state index in [0.29, 0.717) is 21.6 Å². The van der Waals surface area contributed by atoms with Crippen molar-refractivity contribution in [3.8, 4) is 0 Å². The number of halogens is 2. The quantitative estimate of drug-likeness (QED) is 0.470. The standard InChI is InChI=1S/C23H17ClFN3O2/c24-17-9-7-16(8-10-17)22(30)23-27-19-3-1-2-4-20(19)28(23)14-21(29)26-13-15-5-11-18(25)12-6-15/h1-12H,13-14H2,(H,26,29). The number of nitrogens with one attached hydrogen (secondary N) is 1. The normalized spacial score (nSPS) is 10.9. The molecule has 0 radical (unpaired) electrons. The van der Waals surface area contributed by atoms with Crippen LogP contribution in [0.5, 0.6) is 0 Å². The SMILES string of the molecule is O=C(Cn1c(C(=O)c2ccc(Cl)cc2)nc2ccccc21)NCc1ccc(F)cc1. The summed E-state index contributed by atoms with van der Waals surface area (Å²) in [6.07, 6.45) is 0. The highest BCUT2D eigenvalue weighted by Gasteiger charge is 2.20. The van der Waals surface area contributed by atoms with Crippen molar-refractivity contribution in [3.05, 3.63) is 101 Å². The zero-order chi connectivity index (χ0) is 21.1. The Bertz CT molecular complexity index is 1220. The average Bonchev–Trinajstić information content (AvgIpc) is 3.12. The first-order valence-electron chi connectivity index (χ1n) is 9.28. The Balaban J connectivity index is 1.59. The molecule has 0 saturated heterocycles. The van der Waals surface area contributed by atoms with E-state index in [9.17, 15) is 14.0 Å². The number of fused-ring (bicyclic) bond motifs is 1. The second kappa shape index (κ2) is 8.47. The zero-order valence-electron chi connectivity index (χ0n) is 15.8. The van der Waals surface area contributed by atoms with Gasteiger partial charge in [-0.2, -0.15) is 0 Å². The third kappa shape index (κ3) is 4.23. The van der Waals surface area contributed by atoms with Crippen molar-refractivity contribution < 1.29 is 14.0 Å². The molecule has 0 saturated carbocycles. The van der Waals surface area contributed by atoms with Crippen molar-refractivity contribution in [3.63, 3.8) is 0 Å². The summed E-state index contributed by atoms with van der Waals surface area (Å²) in [6.45, 7) is 0.183. The lowest BCUT2D eigenvalue weighted by Gasteiger charge is -2.10. The lowest BCUT2D eigenvalue weighted by atomic mass is 10.1. The van der Waals surface area contributed by atoms with Crippen LogP contribution in [0.25, 0.3) is 11.0 Å². The summed E-state index contributed by atoms with van der Waals surface area (Å²) in [5, 5.41) is 3.32. The molecule has 1 aromatic heterocycles. The first-order valence-corrected chi connectivity index (χ1v) is 9.66. The van der Waals surface area contributed by atoms with E-state index in [1.54, 1.807) is 47.0 Å². The zero-order valence-corrected chi connectivity index (χ0v) is 16.6. The molecule has 5 nitrogen and oxygen atoms in total. The van der Waals surface area contributed by atoms with Gasteiger partial charge in [0.15, 0.2) is 5.82 Å². The van der Waals surface area contributed by atoms with E-state index < -0.39 is 0 Å². The van der Waals surface area contributed by atoms with Crippen molar-refractivity contribution >= 4 is 34.3 Å². The van der Waals surface area contributed by atoms with E-state index >= 15 is 0 Å². The third-order valence-corrected chi connectivity index (χ3v) is 4.92. The van der Waals surface area contributed by atoms with E-state index in [1.807, 2.05) is 18.2 Å². The topological polar surface area (TPSA) is 64.0 Å². The minimum absolute atomic E-state index is 0.0730. The molecule has 0 aliphatic rings. The molecule has 4 aromatic rings. The van der Waals surface area contributed by atoms with Crippen molar-refractivity contribution in [2.45, 2.75) is 13.1 Å². The first kappa shape index (κ1) is 19.8. The lowest BCUT2D eigenvalue weighted by Crippen LogP contribution is -2.28. The number of rotatable bonds is 6. The fraction of sp³-hybridized carbons (Fsp3) is 0.0870. The Hall–Kier alpha value is -3.51. The number of hydrogen-bond donors (Lipinski definition) is 1. The lowest BCUT2D eigenvalue weighted by molar-refractivity contribution is -0.121. The van der Waals surface area contributed by atoms with Gasteiger partial charge < -0.3 is 9.88 Å². The smallest absolute Gasteiger partial charge is 0.240 e. The number of carbonyl (C=O) groups is 2. The maximum absolute atomic E-state index is 13.0. The molecule has 1 heterocycles. The van der Waals surface area contributed by atoms with Crippen molar-refractivity contribution in [2.75, 3.05) is 0 Å². The monoisotopic (exact) mass is 421 g/mol. The van der Waals surface area contributed by atoms with Gasteiger partial charge in [-0.25, -0.2) is 9.37 Å². The minimum Gasteiger partial charge on any atom is -0.350 e. The number of benzene rings is 3. The van der Waals surface area contributed by atoms with E-state index in [4.69, 9.17) is 11.6 Å². The minimum atomic E-state index is -0.333. The molecule has 0 spiro atoms. The Morgan fingerprint density at radius 3 is 2.40 bits per heavy atom.